The third-order valence-electron chi connectivity index (χ3n) is 4.49. The lowest BCUT2D eigenvalue weighted by atomic mass is 9.76. The third-order valence-corrected chi connectivity index (χ3v) is 6.24. The molecule has 5 heteroatoms. The van der Waals surface area contributed by atoms with Crippen LogP contribution in [-0.4, -0.2) is 26.3 Å². The lowest BCUT2D eigenvalue weighted by Crippen LogP contribution is -2.48. The summed E-state index contributed by atoms with van der Waals surface area (Å²) in [6, 6.07) is 7.05. The van der Waals surface area contributed by atoms with Crippen molar-refractivity contribution in [3.05, 3.63) is 24.3 Å². The molecule has 2 rings (SSSR count). The van der Waals surface area contributed by atoms with E-state index in [-0.39, 0.29) is 11.3 Å². The molecule has 1 fully saturated rings. The van der Waals surface area contributed by atoms with Gasteiger partial charge in [-0.25, -0.2) is 8.42 Å². The first-order valence-corrected chi connectivity index (χ1v) is 9.37. The second-order valence-electron chi connectivity index (χ2n) is 6.24. The average Bonchev–Trinajstić information content (AvgIpc) is 2.48. The molecule has 4 nitrogen and oxygen atoms in total. The Kier molecular flexibility index (Phi) is 4.94. The molecule has 0 aromatic heterocycles. The van der Waals surface area contributed by atoms with Crippen molar-refractivity contribution in [1.29, 1.82) is 0 Å². The molecule has 21 heavy (non-hydrogen) atoms. The van der Waals surface area contributed by atoms with E-state index in [0.29, 0.717) is 17.4 Å². The van der Waals surface area contributed by atoms with Gasteiger partial charge in [0.1, 0.15) is 0 Å². The lowest BCUT2D eigenvalue weighted by Gasteiger charge is -2.40. The Morgan fingerprint density at radius 1 is 1.33 bits per heavy atom. The van der Waals surface area contributed by atoms with Crippen molar-refractivity contribution < 1.29 is 8.42 Å². The van der Waals surface area contributed by atoms with Crippen LogP contribution in [0.5, 0.6) is 0 Å². The normalized spacial score (nSPS) is 26.5. The average molecular weight is 310 g/mol. The van der Waals surface area contributed by atoms with E-state index in [1.165, 1.54) is 12.8 Å². The van der Waals surface area contributed by atoms with Crippen molar-refractivity contribution >= 4 is 15.5 Å². The fourth-order valence-electron chi connectivity index (χ4n) is 3.23. The van der Waals surface area contributed by atoms with Crippen LogP contribution >= 0.6 is 0 Å². The molecule has 2 atom stereocenters. The van der Waals surface area contributed by atoms with E-state index in [1.54, 1.807) is 19.1 Å². The standard InChI is InChI=1S/C16H26N2O2S/c1-3-21(19,20)15-8-6-14(7-9-15)18-16(12-17)10-4-5-13(2)11-16/h6-9,13,18H,3-5,10-12,17H2,1-2H3. The van der Waals surface area contributed by atoms with Crippen LogP contribution in [0.15, 0.2) is 29.2 Å². The van der Waals surface area contributed by atoms with Crippen LogP contribution in [0.2, 0.25) is 0 Å². The van der Waals surface area contributed by atoms with Gasteiger partial charge in [-0.3, -0.25) is 0 Å². The monoisotopic (exact) mass is 310 g/mol. The summed E-state index contributed by atoms with van der Waals surface area (Å²) >= 11 is 0. The highest BCUT2D eigenvalue weighted by molar-refractivity contribution is 7.91. The van der Waals surface area contributed by atoms with E-state index in [2.05, 4.69) is 12.2 Å². The Bertz CT molecular complexity index is 568. The van der Waals surface area contributed by atoms with Crippen LogP contribution < -0.4 is 11.1 Å². The van der Waals surface area contributed by atoms with Crippen molar-refractivity contribution in [3.63, 3.8) is 0 Å². The van der Waals surface area contributed by atoms with E-state index in [9.17, 15) is 8.42 Å². The molecule has 0 spiro atoms. The van der Waals surface area contributed by atoms with Crippen LogP contribution in [0.25, 0.3) is 0 Å². The van der Waals surface area contributed by atoms with Crippen molar-refractivity contribution in [2.75, 3.05) is 17.6 Å². The Hall–Kier alpha value is -1.07. The minimum atomic E-state index is -3.13. The van der Waals surface area contributed by atoms with Gasteiger partial charge in [0.2, 0.25) is 0 Å². The molecule has 0 bridgehead atoms. The van der Waals surface area contributed by atoms with Gasteiger partial charge >= 0.3 is 0 Å². The van der Waals surface area contributed by atoms with E-state index in [4.69, 9.17) is 5.73 Å². The second kappa shape index (κ2) is 6.36. The summed E-state index contributed by atoms with van der Waals surface area (Å²) < 4.78 is 23.6. The van der Waals surface area contributed by atoms with Gasteiger partial charge in [0.15, 0.2) is 9.84 Å². The van der Waals surface area contributed by atoms with Gasteiger partial charge in [0, 0.05) is 17.8 Å². The molecule has 1 aromatic carbocycles. The lowest BCUT2D eigenvalue weighted by molar-refractivity contribution is 0.264. The topological polar surface area (TPSA) is 72.2 Å². The quantitative estimate of drug-likeness (QED) is 0.877. The molecule has 3 N–H and O–H groups in total. The minimum absolute atomic E-state index is 0.0528. The van der Waals surface area contributed by atoms with Gasteiger partial charge < -0.3 is 11.1 Å². The second-order valence-corrected chi connectivity index (χ2v) is 8.52. The maximum absolute atomic E-state index is 11.8. The first-order chi connectivity index (χ1) is 9.91. The van der Waals surface area contributed by atoms with E-state index < -0.39 is 9.84 Å². The fourth-order valence-corrected chi connectivity index (χ4v) is 4.11. The molecule has 0 heterocycles. The van der Waals surface area contributed by atoms with E-state index in [1.807, 2.05) is 12.1 Å². The van der Waals surface area contributed by atoms with E-state index in [0.717, 1.165) is 18.5 Å². The molecule has 0 aliphatic heterocycles. The first-order valence-electron chi connectivity index (χ1n) is 7.72. The highest BCUT2D eigenvalue weighted by Crippen LogP contribution is 2.34. The molecule has 0 amide bonds. The SMILES string of the molecule is CCS(=O)(=O)c1ccc(NC2(CN)CCCC(C)C2)cc1. The van der Waals surface area contributed by atoms with Crippen molar-refractivity contribution in [1.82, 2.24) is 0 Å². The van der Waals surface area contributed by atoms with Gasteiger partial charge in [0.05, 0.1) is 10.6 Å². The third kappa shape index (κ3) is 3.77. The Labute approximate surface area is 128 Å². The number of nitrogens with two attached hydrogens (primary N) is 1. The predicted octanol–water partition coefficient (Wildman–Crippen LogP) is 2.80. The highest BCUT2D eigenvalue weighted by atomic mass is 32.2. The van der Waals surface area contributed by atoms with Crippen molar-refractivity contribution in [3.8, 4) is 0 Å². The first kappa shape index (κ1) is 16.3. The molecule has 1 saturated carbocycles. The van der Waals surface area contributed by atoms with Gasteiger partial charge in [-0.15, -0.1) is 0 Å². The summed E-state index contributed by atoms with van der Waals surface area (Å²) in [6.45, 7) is 4.53. The zero-order chi connectivity index (χ0) is 15.5. The Morgan fingerprint density at radius 2 is 2.00 bits per heavy atom. The van der Waals surface area contributed by atoms with Crippen LogP contribution in [0.1, 0.15) is 39.5 Å². The Balaban J connectivity index is 2.15. The molecule has 0 radical (unpaired) electrons. The maximum Gasteiger partial charge on any atom is 0.178 e. The van der Waals surface area contributed by atoms with Crippen LogP contribution in [0, 0.1) is 5.92 Å². The minimum Gasteiger partial charge on any atom is -0.378 e. The van der Waals surface area contributed by atoms with Gasteiger partial charge in [-0.1, -0.05) is 26.7 Å². The number of hydrogen-bond donors (Lipinski definition) is 2. The number of benzene rings is 1. The molecule has 118 valence electrons. The molecule has 2 unspecified atom stereocenters. The largest absolute Gasteiger partial charge is 0.378 e. The number of hydrogen-bond acceptors (Lipinski definition) is 4. The summed E-state index contributed by atoms with van der Waals surface area (Å²) in [5.74, 6) is 0.804. The van der Waals surface area contributed by atoms with Crippen LogP contribution in [0.3, 0.4) is 0 Å². The molecule has 1 aliphatic rings. The van der Waals surface area contributed by atoms with Crippen molar-refractivity contribution in [2.45, 2.75) is 50.0 Å². The van der Waals surface area contributed by atoms with Crippen LogP contribution in [-0.2, 0) is 9.84 Å². The summed E-state index contributed by atoms with van der Waals surface area (Å²) in [5, 5.41) is 3.55. The number of nitrogens with one attached hydrogen (secondary N) is 1. The molecule has 1 aliphatic carbocycles. The number of anilines is 1. The zero-order valence-electron chi connectivity index (χ0n) is 12.9. The molecule has 0 saturated heterocycles. The molecular formula is C16H26N2O2S. The Morgan fingerprint density at radius 3 is 2.52 bits per heavy atom. The van der Waals surface area contributed by atoms with Gasteiger partial charge in [-0.2, -0.15) is 0 Å². The summed E-state index contributed by atoms with van der Waals surface area (Å²) in [5.41, 5.74) is 6.91. The maximum atomic E-state index is 11.8. The highest BCUT2D eigenvalue weighted by Gasteiger charge is 2.33. The number of rotatable bonds is 5. The van der Waals surface area contributed by atoms with Gasteiger partial charge in [0.25, 0.3) is 0 Å². The zero-order valence-corrected chi connectivity index (χ0v) is 13.7. The van der Waals surface area contributed by atoms with Crippen LogP contribution in [0.4, 0.5) is 5.69 Å². The summed E-state index contributed by atoms with van der Waals surface area (Å²) in [4.78, 5) is 0.384. The van der Waals surface area contributed by atoms with Crippen molar-refractivity contribution in [2.24, 2.45) is 11.7 Å². The smallest absolute Gasteiger partial charge is 0.178 e. The summed E-state index contributed by atoms with van der Waals surface area (Å²) in [6.07, 6.45) is 4.59. The predicted molar refractivity (Wildman–Crippen MR) is 87.2 cm³/mol. The fraction of sp³-hybridized carbons (Fsp3) is 0.625. The molecule has 1 aromatic rings. The summed E-state index contributed by atoms with van der Waals surface area (Å²) in [7, 11) is -3.13. The number of sulfone groups is 1. The molecular weight excluding hydrogens is 284 g/mol. The van der Waals surface area contributed by atoms with Gasteiger partial charge in [-0.05, 0) is 43.0 Å². The van der Waals surface area contributed by atoms with E-state index >= 15 is 0 Å².